The van der Waals surface area contributed by atoms with Gasteiger partial charge in [-0.15, -0.1) is 5.10 Å². The second-order valence-corrected chi connectivity index (χ2v) is 5.71. The summed E-state index contributed by atoms with van der Waals surface area (Å²) in [5.41, 5.74) is 0.571. The number of carbonyl (C=O) groups is 2. The molecule has 0 saturated heterocycles. The Hall–Kier alpha value is -3.75. The molecule has 0 radical (unpaired) electrons. The van der Waals surface area contributed by atoms with E-state index in [-0.39, 0.29) is 11.3 Å². The number of hydrogen-bond acceptors (Lipinski definition) is 6. The van der Waals surface area contributed by atoms with Gasteiger partial charge in [-0.1, -0.05) is 30.3 Å². The van der Waals surface area contributed by atoms with Gasteiger partial charge in [0.15, 0.2) is 35.5 Å². The number of carbonyl (C=O) groups excluding carboxylic acids is 2. The molecule has 3 aromatic rings. The molecule has 0 aliphatic rings. The Morgan fingerprint density at radius 3 is 2.50 bits per heavy atom. The first-order valence-electron chi connectivity index (χ1n) is 8.13. The summed E-state index contributed by atoms with van der Waals surface area (Å²) < 4.78 is 32.5. The number of benzene rings is 2. The number of ketones is 1. The fourth-order valence-electron chi connectivity index (χ4n) is 2.33. The van der Waals surface area contributed by atoms with Gasteiger partial charge in [-0.25, -0.2) is 13.6 Å². The largest absolute Gasteiger partial charge is 0.453 e. The molecule has 0 amide bonds. The van der Waals surface area contributed by atoms with E-state index >= 15 is 0 Å². The van der Waals surface area contributed by atoms with Crippen LogP contribution in [0.5, 0.6) is 0 Å². The smallest absolute Gasteiger partial charge is 0.357 e. The molecule has 3 rings (SSSR count). The zero-order valence-electron chi connectivity index (χ0n) is 14.7. The van der Waals surface area contributed by atoms with E-state index in [0.717, 1.165) is 18.2 Å². The van der Waals surface area contributed by atoms with E-state index in [9.17, 15) is 18.4 Å². The second kappa shape index (κ2) is 8.30. The summed E-state index contributed by atoms with van der Waals surface area (Å²) in [6, 6.07) is 11.6. The average molecular weight is 384 g/mol. The van der Waals surface area contributed by atoms with E-state index in [4.69, 9.17) is 4.74 Å². The number of rotatable bonds is 6. The lowest BCUT2D eigenvalue weighted by atomic mass is 10.1. The van der Waals surface area contributed by atoms with E-state index in [1.165, 1.54) is 10.8 Å². The Morgan fingerprint density at radius 2 is 1.86 bits per heavy atom. The van der Waals surface area contributed by atoms with Gasteiger partial charge in [-0.3, -0.25) is 4.79 Å². The van der Waals surface area contributed by atoms with Crippen LogP contribution in [0, 0.1) is 18.6 Å². The van der Waals surface area contributed by atoms with Crippen molar-refractivity contribution in [2.24, 2.45) is 0 Å². The molecule has 7 nitrogen and oxygen atoms in total. The van der Waals surface area contributed by atoms with E-state index in [2.05, 4.69) is 15.5 Å². The summed E-state index contributed by atoms with van der Waals surface area (Å²) in [5.74, 6) is -3.43. The van der Waals surface area contributed by atoms with Crippen LogP contribution >= 0.6 is 0 Å². The predicted octanol–water partition coefficient (Wildman–Crippen LogP) is 2.68. The van der Waals surface area contributed by atoms with Crippen molar-refractivity contribution in [2.45, 2.75) is 6.92 Å². The van der Waals surface area contributed by atoms with Crippen molar-refractivity contribution in [3.63, 3.8) is 0 Å². The van der Waals surface area contributed by atoms with E-state index in [1.807, 2.05) is 6.07 Å². The fraction of sp³-hybridized carbons (Fsp3) is 0.105. The monoisotopic (exact) mass is 384 g/mol. The number of ether oxygens (including phenoxy) is 1. The standard InChI is InChI=1S/C19H14F2N4O3/c1-12-22-23-24-25(12)17(9-13-5-3-2-4-6-13)19(27)28-11-18(26)14-7-8-15(20)16(21)10-14/h2-10H,11H2,1H3/b17-9-. The van der Waals surface area contributed by atoms with Crippen LogP contribution < -0.4 is 0 Å². The van der Waals surface area contributed by atoms with Gasteiger partial charge < -0.3 is 4.74 Å². The summed E-state index contributed by atoms with van der Waals surface area (Å²) in [6.07, 6.45) is 1.51. The normalized spacial score (nSPS) is 11.3. The number of halogens is 2. The minimum absolute atomic E-state index is 0.00760. The van der Waals surface area contributed by atoms with Gasteiger partial charge in [0.25, 0.3) is 0 Å². The third kappa shape index (κ3) is 4.32. The van der Waals surface area contributed by atoms with Gasteiger partial charge in [0, 0.05) is 5.56 Å². The average Bonchev–Trinajstić information content (AvgIpc) is 3.12. The molecule has 1 heterocycles. The third-order valence-corrected chi connectivity index (χ3v) is 3.74. The van der Waals surface area contributed by atoms with Crippen molar-refractivity contribution in [2.75, 3.05) is 6.61 Å². The summed E-state index contributed by atoms with van der Waals surface area (Å²) in [4.78, 5) is 24.7. The molecule has 0 saturated carbocycles. The maximum atomic E-state index is 13.3. The van der Waals surface area contributed by atoms with Crippen molar-refractivity contribution in [1.82, 2.24) is 20.2 Å². The number of Topliss-reactive ketones (excluding diaryl/α,β-unsaturated/α-hetero) is 1. The van der Waals surface area contributed by atoms with Crippen molar-refractivity contribution >= 4 is 23.5 Å². The number of tetrazole rings is 1. The molecule has 142 valence electrons. The predicted molar refractivity (Wildman–Crippen MR) is 94.8 cm³/mol. The highest BCUT2D eigenvalue weighted by atomic mass is 19.2. The molecule has 0 aliphatic heterocycles. The molecule has 2 aromatic carbocycles. The van der Waals surface area contributed by atoms with Gasteiger partial charge in [0.05, 0.1) is 0 Å². The highest BCUT2D eigenvalue weighted by molar-refractivity contribution is 6.16. The van der Waals surface area contributed by atoms with Crippen LogP contribution in [0.2, 0.25) is 0 Å². The molecule has 0 N–H and O–H groups in total. The fourth-order valence-corrected chi connectivity index (χ4v) is 2.33. The van der Waals surface area contributed by atoms with Crippen molar-refractivity contribution < 1.29 is 23.1 Å². The summed E-state index contributed by atoms with van der Waals surface area (Å²) in [5, 5.41) is 11.0. The van der Waals surface area contributed by atoms with Crippen LogP contribution in [-0.4, -0.2) is 38.6 Å². The Kier molecular flexibility index (Phi) is 5.64. The quantitative estimate of drug-likeness (QED) is 0.369. The third-order valence-electron chi connectivity index (χ3n) is 3.74. The zero-order chi connectivity index (χ0) is 20.1. The first-order valence-corrected chi connectivity index (χ1v) is 8.13. The molecule has 0 fully saturated rings. The number of aromatic nitrogens is 4. The Balaban J connectivity index is 1.80. The van der Waals surface area contributed by atoms with Gasteiger partial charge in [0.1, 0.15) is 0 Å². The van der Waals surface area contributed by atoms with Crippen LogP contribution in [0.4, 0.5) is 8.78 Å². The first kappa shape index (κ1) is 19.0. The van der Waals surface area contributed by atoms with Gasteiger partial charge >= 0.3 is 5.97 Å². The van der Waals surface area contributed by atoms with Crippen molar-refractivity contribution in [3.05, 3.63) is 77.1 Å². The van der Waals surface area contributed by atoms with Crippen LogP contribution in [-0.2, 0) is 9.53 Å². The Labute approximate surface area is 158 Å². The minimum Gasteiger partial charge on any atom is -0.453 e. The lowest BCUT2D eigenvalue weighted by Crippen LogP contribution is -2.19. The highest BCUT2D eigenvalue weighted by Crippen LogP contribution is 2.14. The topological polar surface area (TPSA) is 87.0 Å². The molecule has 0 aliphatic carbocycles. The minimum atomic E-state index is -1.16. The van der Waals surface area contributed by atoms with Crippen molar-refractivity contribution in [1.29, 1.82) is 0 Å². The Morgan fingerprint density at radius 1 is 1.11 bits per heavy atom. The van der Waals surface area contributed by atoms with Gasteiger partial charge in [-0.05, 0) is 47.2 Å². The van der Waals surface area contributed by atoms with E-state index in [0.29, 0.717) is 11.4 Å². The van der Waals surface area contributed by atoms with Crippen LogP contribution in [0.25, 0.3) is 11.8 Å². The zero-order valence-corrected chi connectivity index (χ0v) is 14.7. The molecule has 1 aromatic heterocycles. The van der Waals surface area contributed by atoms with Crippen LogP contribution in [0.15, 0.2) is 48.5 Å². The van der Waals surface area contributed by atoms with E-state index < -0.39 is 30.0 Å². The molecule has 9 heteroatoms. The summed E-state index contributed by atoms with van der Waals surface area (Å²) >= 11 is 0. The lowest BCUT2D eigenvalue weighted by Gasteiger charge is -2.09. The number of aryl methyl sites for hydroxylation is 1. The van der Waals surface area contributed by atoms with E-state index in [1.54, 1.807) is 31.2 Å². The number of hydrogen-bond donors (Lipinski definition) is 0. The molecular formula is C19H14F2N4O3. The molecular weight excluding hydrogens is 370 g/mol. The molecule has 0 unspecified atom stereocenters. The lowest BCUT2D eigenvalue weighted by molar-refractivity contribution is -0.136. The summed E-state index contributed by atoms with van der Waals surface area (Å²) in [7, 11) is 0. The van der Waals surface area contributed by atoms with Crippen LogP contribution in [0.3, 0.4) is 0 Å². The van der Waals surface area contributed by atoms with Gasteiger partial charge in [0.2, 0.25) is 0 Å². The van der Waals surface area contributed by atoms with Crippen molar-refractivity contribution in [3.8, 4) is 0 Å². The number of esters is 1. The molecule has 0 atom stereocenters. The second-order valence-electron chi connectivity index (χ2n) is 5.71. The molecule has 0 bridgehead atoms. The Bertz CT molecular complexity index is 1050. The maximum absolute atomic E-state index is 13.3. The first-order chi connectivity index (χ1) is 13.5. The maximum Gasteiger partial charge on any atom is 0.357 e. The SMILES string of the molecule is Cc1nnnn1/C(=C\c1ccccc1)C(=O)OCC(=O)c1ccc(F)c(F)c1. The highest BCUT2D eigenvalue weighted by Gasteiger charge is 2.20. The number of nitrogens with zero attached hydrogens (tertiary/aromatic N) is 4. The van der Waals surface area contributed by atoms with Gasteiger partial charge in [-0.2, -0.15) is 4.68 Å². The molecule has 28 heavy (non-hydrogen) atoms. The summed E-state index contributed by atoms with van der Waals surface area (Å²) in [6.45, 7) is 0.940. The molecule has 0 spiro atoms. The van der Waals surface area contributed by atoms with Crippen LogP contribution in [0.1, 0.15) is 21.7 Å².